The number of hydrogen-bond acceptors (Lipinski definition) is 2. The zero-order valence-corrected chi connectivity index (χ0v) is 12.1. The quantitative estimate of drug-likeness (QED) is 0.757. The topological polar surface area (TPSA) is 29.5 Å². The fourth-order valence-corrected chi connectivity index (χ4v) is 3.50. The lowest BCUT2D eigenvalue weighted by molar-refractivity contribution is -0.148. The maximum absolute atomic E-state index is 11.9. The largest absolute Gasteiger partial charge is 0.381 e. The molecular formula is C15H27NO2. The van der Waals surface area contributed by atoms with Crippen LogP contribution in [-0.4, -0.2) is 37.1 Å². The molecule has 3 fully saturated rings. The number of likely N-dealkylation sites (tertiary alicyclic amines) is 1. The first-order valence-corrected chi connectivity index (χ1v) is 7.52. The molecule has 1 atom stereocenters. The van der Waals surface area contributed by atoms with Gasteiger partial charge < -0.3 is 9.64 Å². The van der Waals surface area contributed by atoms with Gasteiger partial charge in [0.25, 0.3) is 0 Å². The van der Waals surface area contributed by atoms with Gasteiger partial charge in [0.05, 0.1) is 13.2 Å². The molecule has 104 valence electrons. The van der Waals surface area contributed by atoms with E-state index < -0.39 is 0 Å². The van der Waals surface area contributed by atoms with Crippen LogP contribution in [0.3, 0.4) is 0 Å². The molecule has 3 heteroatoms. The molecule has 0 aromatic heterocycles. The van der Waals surface area contributed by atoms with Crippen molar-refractivity contribution in [1.29, 1.82) is 0 Å². The smallest absolute Gasteiger partial charge is 0.223 e. The maximum atomic E-state index is 11.9. The van der Waals surface area contributed by atoms with Gasteiger partial charge in [0.15, 0.2) is 0 Å². The molecule has 2 aliphatic heterocycles. The maximum Gasteiger partial charge on any atom is 0.223 e. The highest BCUT2D eigenvalue weighted by Gasteiger charge is 2.48. The van der Waals surface area contributed by atoms with E-state index in [1.165, 1.54) is 19.3 Å². The molecule has 3 aliphatic rings. The van der Waals surface area contributed by atoms with Crippen LogP contribution < -0.4 is 0 Å². The van der Waals surface area contributed by atoms with Crippen molar-refractivity contribution in [2.24, 2.45) is 17.3 Å². The molecule has 1 unspecified atom stereocenters. The van der Waals surface area contributed by atoms with Crippen LogP contribution in [0.1, 0.15) is 46.5 Å². The number of nitrogens with zero attached hydrogens (tertiary/aromatic N) is 1. The first-order valence-electron chi connectivity index (χ1n) is 7.52. The molecule has 1 amide bonds. The predicted octanol–water partition coefficient (Wildman–Crippen LogP) is 2.70. The minimum atomic E-state index is 0.360. The van der Waals surface area contributed by atoms with Gasteiger partial charge >= 0.3 is 0 Å². The number of ether oxygens (including phenoxy) is 1. The van der Waals surface area contributed by atoms with E-state index in [0.29, 0.717) is 23.7 Å². The lowest BCUT2D eigenvalue weighted by Gasteiger charge is -2.49. The van der Waals surface area contributed by atoms with Crippen molar-refractivity contribution in [3.63, 3.8) is 0 Å². The molecule has 0 aromatic rings. The molecule has 0 N–H and O–H groups in total. The van der Waals surface area contributed by atoms with E-state index in [9.17, 15) is 4.79 Å². The summed E-state index contributed by atoms with van der Waals surface area (Å²) in [5, 5.41) is 0. The first kappa shape index (κ1) is 13.9. The highest BCUT2D eigenvalue weighted by atomic mass is 16.5. The van der Waals surface area contributed by atoms with Gasteiger partial charge in [0.2, 0.25) is 5.91 Å². The molecular weight excluding hydrogens is 226 g/mol. The van der Waals surface area contributed by atoms with E-state index in [2.05, 4.69) is 11.8 Å². The molecule has 0 aromatic carbocycles. The number of hydrogen-bond donors (Lipinski definition) is 0. The number of carbonyl (C=O) groups is 1. The van der Waals surface area contributed by atoms with Crippen LogP contribution in [-0.2, 0) is 9.53 Å². The Morgan fingerprint density at radius 3 is 2.44 bits per heavy atom. The second-order valence-corrected chi connectivity index (χ2v) is 6.21. The van der Waals surface area contributed by atoms with Gasteiger partial charge in [0, 0.05) is 30.8 Å². The van der Waals surface area contributed by atoms with Gasteiger partial charge in [-0.3, -0.25) is 4.79 Å². The average molecular weight is 253 g/mol. The molecule has 2 saturated heterocycles. The Balaban J connectivity index is 0.000000574. The Labute approximate surface area is 111 Å². The molecule has 0 radical (unpaired) electrons. The van der Waals surface area contributed by atoms with Crippen LogP contribution in [0.15, 0.2) is 0 Å². The van der Waals surface area contributed by atoms with Crippen LogP contribution in [0.25, 0.3) is 0 Å². The zero-order valence-electron chi connectivity index (χ0n) is 12.1. The van der Waals surface area contributed by atoms with Crippen LogP contribution in [0.5, 0.6) is 0 Å². The Hall–Kier alpha value is -0.570. The second kappa shape index (κ2) is 5.60. The highest BCUT2D eigenvalue weighted by Crippen LogP contribution is 2.48. The number of rotatable bonds is 2. The summed E-state index contributed by atoms with van der Waals surface area (Å²) in [5.74, 6) is 1.74. The third kappa shape index (κ3) is 2.71. The summed E-state index contributed by atoms with van der Waals surface area (Å²) in [6.07, 6.45) is 4.75. The van der Waals surface area contributed by atoms with Gasteiger partial charge in [-0.2, -0.15) is 0 Å². The summed E-state index contributed by atoms with van der Waals surface area (Å²) in [7, 11) is 0. The van der Waals surface area contributed by atoms with Gasteiger partial charge in [-0.15, -0.1) is 0 Å². The Kier molecular flexibility index (Phi) is 4.31. The van der Waals surface area contributed by atoms with E-state index in [-0.39, 0.29) is 0 Å². The van der Waals surface area contributed by atoms with Crippen LogP contribution in [0.4, 0.5) is 0 Å². The number of carbonyl (C=O) groups excluding carboxylic acids is 1. The zero-order chi connectivity index (χ0) is 13.2. The number of amides is 1. The standard InChI is InChI=1S/C13H21NO2.C2H6/c1-10-2-3-13(5-10)8-14(9-13)12(15)4-11-6-16-7-11;1-2/h10-11H,2-9H2,1H3;1-2H3. The van der Waals surface area contributed by atoms with E-state index in [0.717, 1.165) is 32.2 Å². The summed E-state index contributed by atoms with van der Waals surface area (Å²) < 4.78 is 5.10. The fourth-order valence-electron chi connectivity index (χ4n) is 3.50. The normalized spacial score (nSPS) is 29.3. The van der Waals surface area contributed by atoms with Crippen LogP contribution >= 0.6 is 0 Å². The Morgan fingerprint density at radius 1 is 1.33 bits per heavy atom. The summed E-state index contributed by atoms with van der Waals surface area (Å²) in [4.78, 5) is 14.0. The molecule has 1 saturated carbocycles. The van der Waals surface area contributed by atoms with Crippen molar-refractivity contribution in [3.8, 4) is 0 Å². The lowest BCUT2D eigenvalue weighted by Crippen LogP contribution is -2.57. The lowest BCUT2D eigenvalue weighted by atomic mass is 9.77. The van der Waals surface area contributed by atoms with Crippen molar-refractivity contribution in [1.82, 2.24) is 4.90 Å². The van der Waals surface area contributed by atoms with Crippen molar-refractivity contribution in [2.45, 2.75) is 46.5 Å². The molecule has 2 heterocycles. The van der Waals surface area contributed by atoms with Gasteiger partial charge in [-0.25, -0.2) is 0 Å². The summed E-state index contributed by atoms with van der Waals surface area (Å²) >= 11 is 0. The van der Waals surface area contributed by atoms with E-state index in [1.807, 2.05) is 13.8 Å². The molecule has 0 bridgehead atoms. The van der Waals surface area contributed by atoms with Gasteiger partial charge in [-0.05, 0) is 18.8 Å². The van der Waals surface area contributed by atoms with Gasteiger partial charge in [0.1, 0.15) is 0 Å². The predicted molar refractivity (Wildman–Crippen MR) is 72.3 cm³/mol. The minimum Gasteiger partial charge on any atom is -0.381 e. The van der Waals surface area contributed by atoms with Crippen LogP contribution in [0, 0.1) is 17.3 Å². The SMILES string of the molecule is CC.CC1CCC2(C1)CN(C(=O)CC1COC1)C2. The van der Waals surface area contributed by atoms with Gasteiger partial charge in [-0.1, -0.05) is 27.2 Å². The van der Waals surface area contributed by atoms with E-state index >= 15 is 0 Å². The van der Waals surface area contributed by atoms with Crippen molar-refractivity contribution in [2.75, 3.05) is 26.3 Å². The van der Waals surface area contributed by atoms with Crippen LogP contribution in [0.2, 0.25) is 0 Å². The van der Waals surface area contributed by atoms with Crippen molar-refractivity contribution in [3.05, 3.63) is 0 Å². The molecule has 3 rings (SSSR count). The van der Waals surface area contributed by atoms with E-state index in [1.54, 1.807) is 0 Å². The summed E-state index contributed by atoms with van der Waals surface area (Å²) in [6, 6.07) is 0. The first-order chi connectivity index (χ1) is 8.67. The second-order valence-electron chi connectivity index (χ2n) is 6.21. The Morgan fingerprint density at radius 2 is 2.00 bits per heavy atom. The average Bonchev–Trinajstić information content (AvgIpc) is 2.67. The summed E-state index contributed by atoms with van der Waals surface area (Å²) in [5.41, 5.74) is 0.519. The van der Waals surface area contributed by atoms with E-state index in [4.69, 9.17) is 4.74 Å². The molecule has 3 nitrogen and oxygen atoms in total. The molecule has 18 heavy (non-hydrogen) atoms. The van der Waals surface area contributed by atoms with Crippen molar-refractivity contribution < 1.29 is 9.53 Å². The fraction of sp³-hybridized carbons (Fsp3) is 0.933. The van der Waals surface area contributed by atoms with Crippen molar-refractivity contribution >= 4 is 5.91 Å². The third-order valence-electron chi connectivity index (χ3n) is 4.52. The minimum absolute atomic E-state index is 0.360. The third-order valence-corrected chi connectivity index (χ3v) is 4.52. The summed E-state index contributed by atoms with van der Waals surface area (Å²) in [6.45, 7) is 9.99. The Bertz CT molecular complexity index is 293. The molecule has 1 aliphatic carbocycles. The molecule has 1 spiro atoms. The monoisotopic (exact) mass is 253 g/mol. The highest BCUT2D eigenvalue weighted by molar-refractivity contribution is 5.77.